The molecule has 0 bridgehead atoms. The van der Waals surface area contributed by atoms with Gasteiger partial charge in [0.2, 0.25) is 0 Å². The third-order valence-electron chi connectivity index (χ3n) is 4.10. The number of benzene rings is 1. The van der Waals surface area contributed by atoms with Crippen molar-refractivity contribution in [3.05, 3.63) is 34.9 Å². The van der Waals surface area contributed by atoms with Gasteiger partial charge in [-0.25, -0.2) is 8.78 Å². The van der Waals surface area contributed by atoms with E-state index in [2.05, 4.69) is 5.32 Å². The van der Waals surface area contributed by atoms with Gasteiger partial charge in [-0.3, -0.25) is 0 Å². The Bertz CT molecular complexity index is 434. The van der Waals surface area contributed by atoms with Gasteiger partial charge >= 0.3 is 0 Å². The van der Waals surface area contributed by atoms with Crippen molar-refractivity contribution in [1.82, 2.24) is 5.32 Å². The third-order valence-corrected chi connectivity index (χ3v) is 4.10. The van der Waals surface area contributed by atoms with Gasteiger partial charge in [-0.15, -0.1) is 0 Å². The van der Waals surface area contributed by atoms with Gasteiger partial charge in [-0.05, 0) is 49.4 Å². The van der Waals surface area contributed by atoms with Crippen LogP contribution < -0.4 is 5.32 Å². The molecule has 0 radical (unpaired) electrons. The van der Waals surface area contributed by atoms with Crippen molar-refractivity contribution in [2.24, 2.45) is 5.92 Å². The summed E-state index contributed by atoms with van der Waals surface area (Å²) in [5, 5.41) is 3.09. The highest BCUT2D eigenvalue weighted by molar-refractivity contribution is 5.36. The molecule has 0 aliphatic carbocycles. The lowest BCUT2D eigenvalue weighted by Crippen LogP contribution is -2.39. The lowest BCUT2D eigenvalue weighted by atomic mass is 9.85. The first-order chi connectivity index (χ1) is 8.93. The highest BCUT2D eigenvalue weighted by Gasteiger charge is 2.42. The Balaban J connectivity index is 2.35. The minimum Gasteiger partial charge on any atom is -0.316 e. The SMILES string of the molecule is Cc1ccc(C(C)C)cc1C(F)(F)C1CCCNC1. The summed E-state index contributed by atoms with van der Waals surface area (Å²) in [6, 6.07) is 5.49. The van der Waals surface area contributed by atoms with E-state index in [0.29, 0.717) is 18.5 Å². The quantitative estimate of drug-likeness (QED) is 0.865. The molecule has 1 aromatic rings. The summed E-state index contributed by atoms with van der Waals surface area (Å²) in [4.78, 5) is 0. The van der Waals surface area contributed by atoms with E-state index in [1.807, 2.05) is 26.0 Å². The molecule has 2 rings (SSSR count). The maximum atomic E-state index is 14.7. The van der Waals surface area contributed by atoms with Gasteiger partial charge in [0.1, 0.15) is 0 Å². The second kappa shape index (κ2) is 5.58. The Morgan fingerprint density at radius 2 is 2.05 bits per heavy atom. The largest absolute Gasteiger partial charge is 0.316 e. The normalized spacial score (nSPS) is 20.8. The predicted molar refractivity (Wildman–Crippen MR) is 74.8 cm³/mol. The van der Waals surface area contributed by atoms with Gasteiger partial charge in [-0.1, -0.05) is 26.0 Å². The van der Waals surface area contributed by atoms with Crippen LogP contribution in [-0.4, -0.2) is 13.1 Å². The van der Waals surface area contributed by atoms with Crippen molar-refractivity contribution in [1.29, 1.82) is 0 Å². The molecule has 0 saturated carbocycles. The number of aryl methyl sites for hydroxylation is 1. The summed E-state index contributed by atoms with van der Waals surface area (Å²) in [5.74, 6) is -3.04. The average molecular weight is 267 g/mol. The monoisotopic (exact) mass is 267 g/mol. The molecule has 0 spiro atoms. The Kier molecular flexibility index (Phi) is 4.24. The van der Waals surface area contributed by atoms with E-state index in [4.69, 9.17) is 0 Å². The standard InChI is InChI=1S/C16H23F2N/c1-11(2)13-7-6-12(3)15(9-13)16(17,18)14-5-4-8-19-10-14/h6-7,9,11,14,19H,4-5,8,10H2,1-3H3. The molecular formula is C16H23F2N. The summed E-state index contributed by atoms with van der Waals surface area (Å²) in [6.45, 7) is 7.13. The average Bonchev–Trinajstić information content (AvgIpc) is 2.39. The van der Waals surface area contributed by atoms with E-state index in [0.717, 1.165) is 18.5 Å². The summed E-state index contributed by atoms with van der Waals surface area (Å²) < 4.78 is 29.4. The molecule has 1 unspecified atom stereocenters. The van der Waals surface area contributed by atoms with Crippen molar-refractivity contribution in [2.45, 2.75) is 45.5 Å². The molecule has 1 saturated heterocycles. The van der Waals surface area contributed by atoms with Crippen LogP contribution in [0.25, 0.3) is 0 Å². The van der Waals surface area contributed by atoms with Gasteiger partial charge in [0.25, 0.3) is 5.92 Å². The minimum absolute atomic E-state index is 0.215. The van der Waals surface area contributed by atoms with E-state index in [1.165, 1.54) is 0 Å². The van der Waals surface area contributed by atoms with Crippen LogP contribution in [-0.2, 0) is 5.92 Å². The molecule has 1 atom stereocenters. The molecule has 3 heteroatoms. The van der Waals surface area contributed by atoms with Crippen LogP contribution in [0.1, 0.15) is 49.3 Å². The topological polar surface area (TPSA) is 12.0 Å². The summed E-state index contributed by atoms with van der Waals surface area (Å²) in [6.07, 6.45) is 1.44. The first-order valence-corrected chi connectivity index (χ1v) is 7.12. The van der Waals surface area contributed by atoms with Crippen molar-refractivity contribution in [3.63, 3.8) is 0 Å². The Morgan fingerprint density at radius 1 is 1.32 bits per heavy atom. The van der Waals surface area contributed by atoms with Crippen molar-refractivity contribution in [3.8, 4) is 0 Å². The lowest BCUT2D eigenvalue weighted by Gasteiger charge is -2.32. The summed E-state index contributed by atoms with van der Waals surface area (Å²) >= 11 is 0. The van der Waals surface area contributed by atoms with Crippen LogP contribution in [0, 0.1) is 12.8 Å². The van der Waals surface area contributed by atoms with Crippen LogP contribution in [0.15, 0.2) is 18.2 Å². The second-order valence-corrected chi connectivity index (χ2v) is 5.90. The van der Waals surface area contributed by atoms with Gasteiger partial charge < -0.3 is 5.32 Å². The van der Waals surface area contributed by atoms with Crippen LogP contribution in [0.5, 0.6) is 0 Å². The highest BCUT2D eigenvalue weighted by Crippen LogP contribution is 2.41. The zero-order valence-electron chi connectivity index (χ0n) is 12.0. The molecule has 1 aromatic carbocycles. The first kappa shape index (κ1) is 14.4. The molecule has 1 heterocycles. The number of piperidine rings is 1. The molecule has 1 nitrogen and oxygen atoms in total. The highest BCUT2D eigenvalue weighted by atomic mass is 19.3. The van der Waals surface area contributed by atoms with Crippen molar-refractivity contribution < 1.29 is 8.78 Å². The number of rotatable bonds is 3. The smallest absolute Gasteiger partial charge is 0.277 e. The van der Waals surface area contributed by atoms with E-state index in [9.17, 15) is 8.78 Å². The van der Waals surface area contributed by atoms with E-state index in [-0.39, 0.29) is 11.5 Å². The van der Waals surface area contributed by atoms with Crippen LogP contribution in [0.2, 0.25) is 0 Å². The van der Waals surface area contributed by atoms with Gasteiger partial charge in [-0.2, -0.15) is 0 Å². The molecular weight excluding hydrogens is 244 g/mol. The first-order valence-electron chi connectivity index (χ1n) is 7.12. The second-order valence-electron chi connectivity index (χ2n) is 5.90. The molecule has 106 valence electrons. The molecule has 0 aromatic heterocycles. The van der Waals surface area contributed by atoms with Gasteiger partial charge in [0, 0.05) is 18.0 Å². The number of alkyl halides is 2. The molecule has 0 amide bonds. The number of halogens is 2. The Hall–Kier alpha value is -0.960. The zero-order chi connectivity index (χ0) is 14.0. The number of nitrogens with one attached hydrogen (secondary N) is 1. The van der Waals surface area contributed by atoms with Crippen molar-refractivity contribution in [2.75, 3.05) is 13.1 Å². The third kappa shape index (κ3) is 2.97. The fourth-order valence-corrected chi connectivity index (χ4v) is 2.74. The Labute approximate surface area is 114 Å². The zero-order valence-corrected chi connectivity index (χ0v) is 12.0. The van der Waals surface area contributed by atoms with E-state index in [1.54, 1.807) is 13.0 Å². The maximum Gasteiger partial charge on any atom is 0.277 e. The molecule has 1 N–H and O–H groups in total. The predicted octanol–water partition coefficient (Wildman–Crippen LogP) is 4.21. The summed E-state index contributed by atoms with van der Waals surface area (Å²) in [5.41, 5.74) is 1.90. The number of hydrogen-bond acceptors (Lipinski definition) is 1. The number of hydrogen-bond donors (Lipinski definition) is 1. The molecule has 1 fully saturated rings. The van der Waals surface area contributed by atoms with Gasteiger partial charge in [0.15, 0.2) is 0 Å². The van der Waals surface area contributed by atoms with Gasteiger partial charge in [0.05, 0.1) is 0 Å². The molecule has 1 aliphatic heterocycles. The van der Waals surface area contributed by atoms with Crippen LogP contribution in [0.4, 0.5) is 8.78 Å². The fraction of sp³-hybridized carbons (Fsp3) is 0.625. The maximum absolute atomic E-state index is 14.7. The van der Waals surface area contributed by atoms with Crippen LogP contribution in [0.3, 0.4) is 0 Å². The van der Waals surface area contributed by atoms with E-state index < -0.39 is 11.8 Å². The molecule has 1 aliphatic rings. The fourth-order valence-electron chi connectivity index (χ4n) is 2.74. The van der Waals surface area contributed by atoms with Crippen LogP contribution >= 0.6 is 0 Å². The minimum atomic E-state index is -2.73. The lowest BCUT2D eigenvalue weighted by molar-refractivity contribution is -0.0730. The Morgan fingerprint density at radius 3 is 2.63 bits per heavy atom. The van der Waals surface area contributed by atoms with E-state index >= 15 is 0 Å². The summed E-state index contributed by atoms with van der Waals surface area (Å²) in [7, 11) is 0. The molecule has 19 heavy (non-hydrogen) atoms. The van der Waals surface area contributed by atoms with Crippen molar-refractivity contribution >= 4 is 0 Å².